The fourth-order valence-electron chi connectivity index (χ4n) is 1.89. The van der Waals surface area contributed by atoms with Crippen molar-refractivity contribution in [1.29, 1.82) is 0 Å². The van der Waals surface area contributed by atoms with Gasteiger partial charge in [-0.1, -0.05) is 12.8 Å². The number of nitrogens with one attached hydrogen (secondary N) is 1. The van der Waals surface area contributed by atoms with E-state index in [1.807, 2.05) is 0 Å². The Bertz CT molecular complexity index is 436. The number of rotatable bonds is 3. The molecule has 6 heteroatoms. The Hall–Kier alpha value is -1.56. The molecule has 2 rings (SSSR count). The Kier molecular flexibility index (Phi) is 3.86. The molecule has 98 valence electrons. The minimum atomic E-state index is -1.59. The van der Waals surface area contributed by atoms with Crippen LogP contribution in [0.1, 0.15) is 36.0 Å². The highest BCUT2D eigenvalue weighted by Gasteiger charge is 2.19. The van der Waals surface area contributed by atoms with Crippen LogP contribution < -0.4 is 5.48 Å². The molecule has 1 N–H and O–H groups in total. The first-order chi connectivity index (χ1) is 8.58. The van der Waals surface area contributed by atoms with Crippen molar-refractivity contribution in [3.63, 3.8) is 0 Å². The first-order valence-corrected chi connectivity index (χ1v) is 5.68. The summed E-state index contributed by atoms with van der Waals surface area (Å²) in [6.45, 7) is 0. The second-order valence-electron chi connectivity index (χ2n) is 4.21. The van der Waals surface area contributed by atoms with Gasteiger partial charge in [0.05, 0.1) is 6.10 Å². The topological polar surface area (TPSA) is 38.3 Å². The Labute approximate surface area is 102 Å². The quantitative estimate of drug-likeness (QED) is 0.669. The van der Waals surface area contributed by atoms with E-state index < -0.39 is 23.4 Å². The first-order valence-electron chi connectivity index (χ1n) is 5.68. The number of hydroxylamine groups is 1. The van der Waals surface area contributed by atoms with E-state index >= 15 is 0 Å². The molecule has 18 heavy (non-hydrogen) atoms. The van der Waals surface area contributed by atoms with Gasteiger partial charge in [-0.2, -0.15) is 0 Å². The fourth-order valence-corrected chi connectivity index (χ4v) is 1.89. The molecule has 0 bridgehead atoms. The average Bonchev–Trinajstić information content (AvgIpc) is 2.85. The van der Waals surface area contributed by atoms with E-state index in [0.717, 1.165) is 25.7 Å². The Balaban J connectivity index is 2.00. The van der Waals surface area contributed by atoms with Crippen LogP contribution in [0.3, 0.4) is 0 Å². The predicted octanol–water partition coefficient (Wildman–Crippen LogP) is 2.71. The number of carbonyl (C=O) groups excluding carboxylic acids is 1. The van der Waals surface area contributed by atoms with Crippen LogP contribution in [-0.4, -0.2) is 12.0 Å². The molecule has 0 atom stereocenters. The lowest BCUT2D eigenvalue weighted by Crippen LogP contribution is -2.28. The second kappa shape index (κ2) is 5.39. The number of carbonyl (C=O) groups is 1. The van der Waals surface area contributed by atoms with Gasteiger partial charge in [-0.15, -0.1) is 0 Å². The Morgan fingerprint density at radius 1 is 1.17 bits per heavy atom. The van der Waals surface area contributed by atoms with Gasteiger partial charge in [-0.25, -0.2) is 18.7 Å². The van der Waals surface area contributed by atoms with Gasteiger partial charge in [0.25, 0.3) is 5.91 Å². The summed E-state index contributed by atoms with van der Waals surface area (Å²) in [6.07, 6.45) is 3.67. The van der Waals surface area contributed by atoms with Crippen molar-refractivity contribution >= 4 is 5.91 Å². The van der Waals surface area contributed by atoms with Crippen molar-refractivity contribution in [1.82, 2.24) is 5.48 Å². The molecule has 1 aromatic carbocycles. The molecule has 1 saturated carbocycles. The van der Waals surface area contributed by atoms with E-state index in [9.17, 15) is 18.0 Å². The zero-order chi connectivity index (χ0) is 13.1. The van der Waals surface area contributed by atoms with Gasteiger partial charge in [-0.3, -0.25) is 9.63 Å². The molecule has 1 fully saturated rings. The number of benzene rings is 1. The fraction of sp³-hybridized carbons (Fsp3) is 0.417. The highest BCUT2D eigenvalue weighted by atomic mass is 19.2. The largest absolute Gasteiger partial charge is 0.275 e. The standard InChI is InChI=1S/C12H12F3NO2/c13-9-5-7(6-10(14)11(9)15)12(17)16-18-8-3-1-2-4-8/h5-6,8H,1-4H2,(H,16,17). The molecule has 0 saturated heterocycles. The van der Waals surface area contributed by atoms with Crippen molar-refractivity contribution in [2.75, 3.05) is 0 Å². The molecule has 3 nitrogen and oxygen atoms in total. The highest BCUT2D eigenvalue weighted by molar-refractivity contribution is 5.93. The van der Waals surface area contributed by atoms with Crippen LogP contribution in [-0.2, 0) is 4.84 Å². The van der Waals surface area contributed by atoms with Crippen LogP contribution >= 0.6 is 0 Å². The van der Waals surface area contributed by atoms with E-state index in [1.165, 1.54) is 0 Å². The zero-order valence-electron chi connectivity index (χ0n) is 9.51. The number of halogens is 3. The predicted molar refractivity (Wildman–Crippen MR) is 57.1 cm³/mol. The van der Waals surface area contributed by atoms with Gasteiger partial charge in [0.2, 0.25) is 0 Å². The zero-order valence-corrected chi connectivity index (χ0v) is 9.51. The van der Waals surface area contributed by atoms with E-state index in [4.69, 9.17) is 4.84 Å². The summed E-state index contributed by atoms with van der Waals surface area (Å²) in [4.78, 5) is 16.6. The summed E-state index contributed by atoms with van der Waals surface area (Å²) < 4.78 is 38.5. The van der Waals surface area contributed by atoms with Gasteiger partial charge in [0.15, 0.2) is 17.5 Å². The maximum Gasteiger partial charge on any atom is 0.275 e. The number of hydrogen-bond acceptors (Lipinski definition) is 2. The summed E-state index contributed by atoms with van der Waals surface area (Å²) in [5.41, 5.74) is 1.80. The lowest BCUT2D eigenvalue weighted by atomic mass is 10.2. The van der Waals surface area contributed by atoms with Crippen LogP contribution in [0.5, 0.6) is 0 Å². The van der Waals surface area contributed by atoms with Gasteiger partial charge in [0.1, 0.15) is 0 Å². The summed E-state index contributed by atoms with van der Waals surface area (Å²) >= 11 is 0. The van der Waals surface area contributed by atoms with Crippen LogP contribution in [0.15, 0.2) is 12.1 Å². The molecule has 0 aromatic heterocycles. The third-order valence-electron chi connectivity index (χ3n) is 2.87. The Morgan fingerprint density at radius 3 is 2.28 bits per heavy atom. The number of amides is 1. The maximum atomic E-state index is 12.9. The molecule has 0 spiro atoms. The van der Waals surface area contributed by atoms with Crippen molar-refractivity contribution in [2.24, 2.45) is 0 Å². The number of hydrogen-bond donors (Lipinski definition) is 1. The smallest absolute Gasteiger partial charge is 0.270 e. The van der Waals surface area contributed by atoms with E-state index in [2.05, 4.69) is 5.48 Å². The molecule has 0 aliphatic heterocycles. The Morgan fingerprint density at radius 2 is 1.72 bits per heavy atom. The lowest BCUT2D eigenvalue weighted by molar-refractivity contribution is -0.0125. The molecular weight excluding hydrogens is 247 g/mol. The second-order valence-corrected chi connectivity index (χ2v) is 4.21. The minimum Gasteiger partial charge on any atom is -0.270 e. The average molecular weight is 259 g/mol. The minimum absolute atomic E-state index is 0.0657. The van der Waals surface area contributed by atoms with Crippen molar-refractivity contribution in [3.8, 4) is 0 Å². The monoisotopic (exact) mass is 259 g/mol. The third kappa shape index (κ3) is 2.81. The van der Waals surface area contributed by atoms with Crippen LogP contribution in [0.2, 0.25) is 0 Å². The molecule has 0 unspecified atom stereocenters. The van der Waals surface area contributed by atoms with Crippen molar-refractivity contribution in [3.05, 3.63) is 35.1 Å². The molecule has 1 aromatic rings. The third-order valence-corrected chi connectivity index (χ3v) is 2.87. The highest BCUT2D eigenvalue weighted by Crippen LogP contribution is 2.20. The van der Waals surface area contributed by atoms with Crippen molar-refractivity contribution < 1.29 is 22.8 Å². The van der Waals surface area contributed by atoms with Gasteiger partial charge in [-0.05, 0) is 25.0 Å². The lowest BCUT2D eigenvalue weighted by Gasteiger charge is -2.11. The van der Waals surface area contributed by atoms with Crippen LogP contribution in [0, 0.1) is 17.5 Å². The molecule has 0 heterocycles. The molecule has 1 aliphatic rings. The van der Waals surface area contributed by atoms with Gasteiger partial charge in [0, 0.05) is 5.56 Å². The molecule has 1 amide bonds. The first kappa shape index (κ1) is 12.9. The van der Waals surface area contributed by atoms with Crippen molar-refractivity contribution in [2.45, 2.75) is 31.8 Å². The summed E-state index contributed by atoms with van der Waals surface area (Å²) in [7, 11) is 0. The maximum absolute atomic E-state index is 12.9. The van der Waals surface area contributed by atoms with E-state index in [1.54, 1.807) is 0 Å². The van der Waals surface area contributed by atoms with E-state index in [0.29, 0.717) is 12.1 Å². The molecule has 0 radical (unpaired) electrons. The molecular formula is C12H12F3NO2. The van der Waals surface area contributed by atoms with Gasteiger partial charge >= 0.3 is 0 Å². The molecule has 1 aliphatic carbocycles. The van der Waals surface area contributed by atoms with E-state index in [-0.39, 0.29) is 11.7 Å². The van der Waals surface area contributed by atoms with Gasteiger partial charge < -0.3 is 0 Å². The summed E-state index contributed by atoms with van der Waals surface area (Å²) in [6, 6.07) is 1.26. The SMILES string of the molecule is O=C(NOC1CCCC1)c1cc(F)c(F)c(F)c1. The summed E-state index contributed by atoms with van der Waals surface area (Å²) in [5, 5.41) is 0. The van der Waals surface area contributed by atoms with Crippen LogP contribution in [0.4, 0.5) is 13.2 Å². The normalized spacial score (nSPS) is 15.9. The van der Waals surface area contributed by atoms with Crippen LogP contribution in [0.25, 0.3) is 0 Å². The summed E-state index contributed by atoms with van der Waals surface area (Å²) in [5.74, 6) is -5.19.